The van der Waals surface area contributed by atoms with Gasteiger partial charge in [0.15, 0.2) is 0 Å². The lowest BCUT2D eigenvalue weighted by Crippen LogP contribution is -2.35. The molecule has 4 heteroatoms. The predicted molar refractivity (Wildman–Crippen MR) is 95.9 cm³/mol. The minimum Gasteiger partial charge on any atom is -0.389 e. The highest BCUT2D eigenvalue weighted by molar-refractivity contribution is 6.00. The van der Waals surface area contributed by atoms with Crippen molar-refractivity contribution in [2.24, 2.45) is 5.92 Å². The molecule has 0 aliphatic rings. The molecule has 2 N–H and O–H groups in total. The second-order valence-corrected chi connectivity index (χ2v) is 6.21. The average molecular weight is 327 g/mol. The molecule has 2 aromatic carbocycles. The number of amides is 1. The zero-order valence-electron chi connectivity index (χ0n) is 14.2. The number of hydrogen-bond acceptors (Lipinski definition) is 3. The number of aliphatic hydroxyl groups excluding tert-OH is 1. The normalized spacial score (nSPS) is 12.2. The quantitative estimate of drug-likeness (QED) is 0.783. The van der Waals surface area contributed by atoms with E-state index in [2.05, 4.69) is 19.2 Å². The highest BCUT2D eigenvalue weighted by Gasteiger charge is 2.13. The number of rotatable bonds is 8. The number of ether oxygens (including phenoxy) is 1. The molecular weight excluding hydrogens is 302 g/mol. The zero-order valence-corrected chi connectivity index (χ0v) is 14.2. The van der Waals surface area contributed by atoms with Gasteiger partial charge in [-0.15, -0.1) is 0 Å². The minimum atomic E-state index is -0.711. The fourth-order valence-electron chi connectivity index (χ4n) is 2.36. The van der Waals surface area contributed by atoms with Crippen LogP contribution in [0.3, 0.4) is 0 Å². The summed E-state index contributed by atoms with van der Waals surface area (Å²) >= 11 is 0. The number of benzene rings is 2. The lowest BCUT2D eigenvalue weighted by Gasteiger charge is -2.15. The number of hydrogen-bond donors (Lipinski definition) is 2. The summed E-state index contributed by atoms with van der Waals surface area (Å²) in [6, 6.07) is 17.2. The first-order valence-corrected chi connectivity index (χ1v) is 8.26. The molecule has 1 amide bonds. The van der Waals surface area contributed by atoms with Gasteiger partial charge in [-0.05, 0) is 23.1 Å². The van der Waals surface area contributed by atoms with Crippen molar-refractivity contribution in [3.05, 3.63) is 60.2 Å². The van der Waals surface area contributed by atoms with Gasteiger partial charge < -0.3 is 15.2 Å². The molecule has 0 fully saturated rings. The Hall–Kier alpha value is -2.17. The Kier molecular flexibility index (Phi) is 6.97. The van der Waals surface area contributed by atoms with E-state index in [4.69, 9.17) is 4.74 Å². The first-order valence-electron chi connectivity index (χ1n) is 8.26. The summed E-state index contributed by atoms with van der Waals surface area (Å²) in [5.41, 5.74) is 2.46. The van der Waals surface area contributed by atoms with Crippen molar-refractivity contribution in [1.82, 2.24) is 5.32 Å². The molecule has 0 heterocycles. The molecule has 0 spiro atoms. The van der Waals surface area contributed by atoms with Crippen LogP contribution in [0.1, 0.15) is 24.2 Å². The third-order valence-corrected chi connectivity index (χ3v) is 3.52. The van der Waals surface area contributed by atoms with Crippen LogP contribution in [0.2, 0.25) is 0 Å². The van der Waals surface area contributed by atoms with Gasteiger partial charge in [0.25, 0.3) is 5.91 Å². The van der Waals surface area contributed by atoms with E-state index in [9.17, 15) is 9.90 Å². The van der Waals surface area contributed by atoms with Crippen molar-refractivity contribution < 1.29 is 14.6 Å². The van der Waals surface area contributed by atoms with Crippen molar-refractivity contribution in [2.75, 3.05) is 19.8 Å². The second-order valence-electron chi connectivity index (χ2n) is 6.21. The summed E-state index contributed by atoms with van der Waals surface area (Å²) in [5, 5.41) is 12.7. The maximum Gasteiger partial charge on any atom is 0.252 e. The molecule has 2 rings (SSSR count). The van der Waals surface area contributed by atoms with E-state index in [1.54, 1.807) is 6.07 Å². The molecule has 0 aliphatic carbocycles. The van der Waals surface area contributed by atoms with E-state index >= 15 is 0 Å². The number of carbonyl (C=O) groups is 1. The van der Waals surface area contributed by atoms with Crippen LogP contribution < -0.4 is 5.32 Å². The van der Waals surface area contributed by atoms with E-state index in [0.717, 1.165) is 11.1 Å². The van der Waals surface area contributed by atoms with Crippen molar-refractivity contribution >= 4 is 5.91 Å². The van der Waals surface area contributed by atoms with E-state index in [-0.39, 0.29) is 19.1 Å². The Morgan fingerprint density at radius 3 is 2.42 bits per heavy atom. The smallest absolute Gasteiger partial charge is 0.252 e. The fourth-order valence-corrected chi connectivity index (χ4v) is 2.36. The predicted octanol–water partition coefficient (Wildman–Crippen LogP) is 3.12. The Morgan fingerprint density at radius 2 is 1.71 bits per heavy atom. The average Bonchev–Trinajstić information content (AvgIpc) is 2.60. The third-order valence-electron chi connectivity index (χ3n) is 3.52. The summed E-state index contributed by atoms with van der Waals surface area (Å²) < 4.78 is 5.39. The fraction of sp³-hybridized carbons (Fsp3) is 0.350. The van der Waals surface area contributed by atoms with Crippen molar-refractivity contribution in [2.45, 2.75) is 20.0 Å². The Labute approximate surface area is 143 Å². The molecule has 0 aromatic heterocycles. The number of carbonyl (C=O) groups excluding carboxylic acids is 1. The molecular formula is C20H25NO3. The number of nitrogens with one attached hydrogen (secondary N) is 1. The van der Waals surface area contributed by atoms with Crippen LogP contribution in [0.15, 0.2) is 54.6 Å². The standard InChI is InChI=1S/C20H25NO3/c1-15(2)13-24-14-17(22)12-21-20(23)19-11-7-6-10-18(19)16-8-4-3-5-9-16/h3-11,15,17,22H,12-14H2,1-2H3,(H,21,23). The summed E-state index contributed by atoms with van der Waals surface area (Å²) in [4.78, 5) is 12.5. The molecule has 24 heavy (non-hydrogen) atoms. The van der Waals surface area contributed by atoms with Crippen LogP contribution >= 0.6 is 0 Å². The van der Waals surface area contributed by atoms with Gasteiger partial charge in [-0.25, -0.2) is 0 Å². The highest BCUT2D eigenvalue weighted by atomic mass is 16.5. The maximum absolute atomic E-state index is 12.5. The van der Waals surface area contributed by atoms with Crippen LogP contribution in [0, 0.1) is 5.92 Å². The third kappa shape index (κ3) is 5.48. The monoisotopic (exact) mass is 327 g/mol. The van der Waals surface area contributed by atoms with Gasteiger partial charge in [0.2, 0.25) is 0 Å². The van der Waals surface area contributed by atoms with Crippen LogP contribution in [0.25, 0.3) is 11.1 Å². The maximum atomic E-state index is 12.5. The van der Waals surface area contributed by atoms with Gasteiger partial charge in [-0.2, -0.15) is 0 Å². The molecule has 2 aromatic rings. The zero-order chi connectivity index (χ0) is 17.4. The summed E-state index contributed by atoms with van der Waals surface area (Å²) in [6.45, 7) is 5.09. The molecule has 128 valence electrons. The van der Waals surface area contributed by atoms with Crippen LogP contribution in [0.4, 0.5) is 0 Å². The topological polar surface area (TPSA) is 58.6 Å². The lowest BCUT2D eigenvalue weighted by molar-refractivity contribution is 0.0259. The molecule has 4 nitrogen and oxygen atoms in total. The van der Waals surface area contributed by atoms with Crippen molar-refractivity contribution in [3.63, 3.8) is 0 Å². The first-order chi connectivity index (χ1) is 11.6. The van der Waals surface area contributed by atoms with Crippen LogP contribution in [0.5, 0.6) is 0 Å². The Balaban J connectivity index is 1.96. The van der Waals surface area contributed by atoms with Gasteiger partial charge in [-0.3, -0.25) is 4.79 Å². The Bertz CT molecular complexity index is 640. The van der Waals surface area contributed by atoms with Gasteiger partial charge in [0, 0.05) is 18.7 Å². The molecule has 0 bridgehead atoms. The molecule has 0 saturated carbocycles. The highest BCUT2D eigenvalue weighted by Crippen LogP contribution is 2.23. The van der Waals surface area contributed by atoms with E-state index < -0.39 is 6.10 Å². The summed E-state index contributed by atoms with van der Waals surface area (Å²) in [7, 11) is 0. The van der Waals surface area contributed by atoms with Crippen molar-refractivity contribution in [1.29, 1.82) is 0 Å². The second kappa shape index (κ2) is 9.21. The molecule has 0 radical (unpaired) electrons. The first kappa shape index (κ1) is 18.2. The minimum absolute atomic E-state index is 0.167. The summed E-state index contributed by atoms with van der Waals surface area (Å²) in [6.07, 6.45) is -0.711. The van der Waals surface area contributed by atoms with E-state index in [1.165, 1.54) is 0 Å². The SMILES string of the molecule is CC(C)COCC(O)CNC(=O)c1ccccc1-c1ccccc1. The molecule has 0 aliphatic heterocycles. The van der Waals surface area contributed by atoms with E-state index in [1.807, 2.05) is 48.5 Å². The van der Waals surface area contributed by atoms with Crippen LogP contribution in [-0.4, -0.2) is 36.9 Å². The molecule has 1 atom stereocenters. The lowest BCUT2D eigenvalue weighted by atomic mass is 9.99. The van der Waals surface area contributed by atoms with Gasteiger partial charge >= 0.3 is 0 Å². The van der Waals surface area contributed by atoms with Crippen molar-refractivity contribution in [3.8, 4) is 11.1 Å². The summed E-state index contributed by atoms with van der Waals surface area (Å²) in [5.74, 6) is 0.224. The Morgan fingerprint density at radius 1 is 1.04 bits per heavy atom. The van der Waals surface area contributed by atoms with Gasteiger partial charge in [-0.1, -0.05) is 62.4 Å². The van der Waals surface area contributed by atoms with Gasteiger partial charge in [0.1, 0.15) is 0 Å². The number of aliphatic hydroxyl groups is 1. The molecule has 1 unspecified atom stereocenters. The van der Waals surface area contributed by atoms with Gasteiger partial charge in [0.05, 0.1) is 12.7 Å². The van der Waals surface area contributed by atoms with E-state index in [0.29, 0.717) is 18.1 Å². The molecule has 0 saturated heterocycles. The van der Waals surface area contributed by atoms with Crippen LogP contribution in [-0.2, 0) is 4.74 Å². The largest absolute Gasteiger partial charge is 0.389 e.